The van der Waals surface area contributed by atoms with Gasteiger partial charge in [-0.3, -0.25) is 0 Å². The smallest absolute Gasteiger partial charge is 0.242 e. The van der Waals surface area contributed by atoms with Crippen molar-refractivity contribution in [2.45, 2.75) is 37.3 Å². The summed E-state index contributed by atoms with van der Waals surface area (Å²) in [6.45, 7) is 1.92. The van der Waals surface area contributed by atoms with Gasteiger partial charge in [0.15, 0.2) is 0 Å². The molecule has 0 bridgehead atoms. The van der Waals surface area contributed by atoms with E-state index >= 15 is 0 Å². The Bertz CT molecular complexity index is 460. The second kappa shape index (κ2) is 4.20. The van der Waals surface area contributed by atoms with Crippen LogP contribution in [0.5, 0.6) is 0 Å². The topological polar surface area (TPSA) is 82.2 Å². The lowest BCUT2D eigenvalue weighted by atomic mass is 9.83. The van der Waals surface area contributed by atoms with Gasteiger partial charge in [-0.15, -0.1) is 0 Å². The molecule has 1 fully saturated rings. The van der Waals surface area contributed by atoms with E-state index in [0.717, 1.165) is 12.8 Å². The second-order valence-electron chi connectivity index (χ2n) is 4.41. The molecule has 90 valence electrons. The van der Waals surface area contributed by atoms with E-state index in [1.165, 1.54) is 12.3 Å². The summed E-state index contributed by atoms with van der Waals surface area (Å²) in [6, 6.07) is 1.51. The molecule has 0 spiro atoms. The third-order valence-corrected chi connectivity index (χ3v) is 4.39. The van der Waals surface area contributed by atoms with Crippen molar-refractivity contribution in [2.75, 3.05) is 0 Å². The first-order valence-electron chi connectivity index (χ1n) is 5.32. The van der Waals surface area contributed by atoms with E-state index in [1.807, 2.05) is 0 Å². The van der Waals surface area contributed by atoms with Gasteiger partial charge in [-0.25, -0.2) is 13.1 Å². The van der Waals surface area contributed by atoms with Crippen molar-refractivity contribution in [3.05, 3.63) is 18.0 Å². The lowest BCUT2D eigenvalue weighted by Gasteiger charge is -2.32. The van der Waals surface area contributed by atoms with Crippen LogP contribution in [-0.2, 0) is 16.6 Å². The number of sulfonamides is 1. The molecule has 1 aliphatic rings. The molecule has 0 aromatic carbocycles. The summed E-state index contributed by atoms with van der Waals surface area (Å²) in [5.74, 6) is 0.604. The minimum atomic E-state index is -3.43. The van der Waals surface area contributed by atoms with E-state index in [-0.39, 0.29) is 17.5 Å². The maximum absolute atomic E-state index is 11.9. The van der Waals surface area contributed by atoms with Gasteiger partial charge in [0.25, 0.3) is 0 Å². The van der Waals surface area contributed by atoms with Gasteiger partial charge < -0.3 is 10.1 Å². The van der Waals surface area contributed by atoms with Gasteiger partial charge >= 0.3 is 0 Å². The summed E-state index contributed by atoms with van der Waals surface area (Å²) < 4.78 is 26.4. The number of aromatic amines is 1. The average molecular weight is 244 g/mol. The molecular weight excluding hydrogens is 228 g/mol. The zero-order chi connectivity index (χ0) is 11.8. The van der Waals surface area contributed by atoms with Crippen molar-refractivity contribution < 1.29 is 13.5 Å². The summed E-state index contributed by atoms with van der Waals surface area (Å²) >= 11 is 0. The fraction of sp³-hybridized carbons (Fsp3) is 0.600. The molecule has 3 N–H and O–H groups in total. The maximum Gasteiger partial charge on any atom is 0.242 e. The highest BCUT2D eigenvalue weighted by atomic mass is 32.2. The molecule has 0 aliphatic heterocycles. The molecule has 6 heteroatoms. The van der Waals surface area contributed by atoms with Crippen LogP contribution in [0.4, 0.5) is 0 Å². The predicted molar refractivity (Wildman–Crippen MR) is 59.2 cm³/mol. The standard InChI is InChI=1S/C10H16N2O3S/c1-7-2-8(3-7)12-16(14,15)10-4-9(6-13)11-5-10/h4-5,7-8,11-13H,2-3,6H2,1H3. The number of hydrogen-bond donors (Lipinski definition) is 3. The second-order valence-corrected chi connectivity index (χ2v) is 6.13. The van der Waals surface area contributed by atoms with E-state index in [2.05, 4.69) is 16.6 Å². The van der Waals surface area contributed by atoms with E-state index in [4.69, 9.17) is 5.11 Å². The molecule has 0 unspecified atom stereocenters. The summed E-state index contributed by atoms with van der Waals surface area (Å²) in [5.41, 5.74) is 0.502. The number of rotatable bonds is 4. The van der Waals surface area contributed by atoms with E-state index < -0.39 is 10.0 Å². The Labute approximate surface area is 94.9 Å². The first-order valence-corrected chi connectivity index (χ1v) is 6.80. The monoisotopic (exact) mass is 244 g/mol. The number of aliphatic hydroxyl groups is 1. The highest BCUT2D eigenvalue weighted by Crippen LogP contribution is 2.27. The van der Waals surface area contributed by atoms with Crippen LogP contribution in [0.2, 0.25) is 0 Å². The summed E-state index contributed by atoms with van der Waals surface area (Å²) in [5, 5.41) is 8.84. The molecular formula is C10H16N2O3S. The van der Waals surface area contributed by atoms with Crippen LogP contribution in [0.1, 0.15) is 25.5 Å². The van der Waals surface area contributed by atoms with Crippen LogP contribution in [-0.4, -0.2) is 24.6 Å². The third-order valence-electron chi connectivity index (χ3n) is 2.89. The van der Waals surface area contributed by atoms with Crippen molar-refractivity contribution in [2.24, 2.45) is 5.92 Å². The zero-order valence-electron chi connectivity index (χ0n) is 9.10. The van der Waals surface area contributed by atoms with Crippen LogP contribution in [0.15, 0.2) is 17.2 Å². The Hall–Kier alpha value is -0.850. The molecule has 16 heavy (non-hydrogen) atoms. The molecule has 0 radical (unpaired) electrons. The Kier molecular flexibility index (Phi) is 3.05. The Balaban J connectivity index is 2.06. The van der Waals surface area contributed by atoms with E-state index in [0.29, 0.717) is 11.6 Å². The van der Waals surface area contributed by atoms with Crippen molar-refractivity contribution in [1.82, 2.24) is 9.71 Å². The lowest BCUT2D eigenvalue weighted by molar-refractivity contribution is 0.270. The van der Waals surface area contributed by atoms with Crippen LogP contribution >= 0.6 is 0 Å². The molecule has 0 atom stereocenters. The highest BCUT2D eigenvalue weighted by molar-refractivity contribution is 7.89. The van der Waals surface area contributed by atoms with E-state index in [9.17, 15) is 8.42 Å². The predicted octanol–water partition coefficient (Wildman–Crippen LogP) is 0.584. The number of nitrogens with one attached hydrogen (secondary N) is 2. The molecule has 1 aliphatic carbocycles. The SMILES string of the molecule is CC1CC(NS(=O)(=O)c2c[nH]c(CO)c2)C1. The molecule has 1 heterocycles. The molecule has 1 aromatic heterocycles. The Morgan fingerprint density at radius 2 is 2.25 bits per heavy atom. The van der Waals surface area contributed by atoms with Gasteiger partial charge in [0.1, 0.15) is 0 Å². The molecule has 0 saturated heterocycles. The fourth-order valence-corrected chi connectivity index (χ4v) is 3.23. The van der Waals surface area contributed by atoms with Crippen molar-refractivity contribution in [3.8, 4) is 0 Å². The molecule has 0 amide bonds. The van der Waals surface area contributed by atoms with Crippen molar-refractivity contribution >= 4 is 10.0 Å². The minimum Gasteiger partial charge on any atom is -0.390 e. The van der Waals surface area contributed by atoms with Crippen LogP contribution in [0.25, 0.3) is 0 Å². The van der Waals surface area contributed by atoms with Crippen molar-refractivity contribution in [1.29, 1.82) is 0 Å². The quantitative estimate of drug-likeness (QED) is 0.724. The van der Waals surface area contributed by atoms with Crippen LogP contribution in [0.3, 0.4) is 0 Å². The first kappa shape index (κ1) is 11.6. The average Bonchev–Trinajstić information content (AvgIpc) is 2.63. The maximum atomic E-state index is 11.9. The zero-order valence-corrected chi connectivity index (χ0v) is 9.92. The Morgan fingerprint density at radius 3 is 2.75 bits per heavy atom. The number of hydrogen-bond acceptors (Lipinski definition) is 3. The van der Waals surface area contributed by atoms with Gasteiger partial charge in [-0.1, -0.05) is 6.92 Å². The van der Waals surface area contributed by atoms with Gasteiger partial charge in [-0.05, 0) is 24.8 Å². The summed E-state index contributed by atoms with van der Waals surface area (Å²) in [7, 11) is -3.43. The normalized spacial score (nSPS) is 25.4. The van der Waals surface area contributed by atoms with Crippen LogP contribution in [0, 0.1) is 5.92 Å². The fourth-order valence-electron chi connectivity index (χ4n) is 1.95. The van der Waals surface area contributed by atoms with Gasteiger partial charge in [0.2, 0.25) is 10.0 Å². The number of aliphatic hydroxyl groups excluding tert-OH is 1. The summed E-state index contributed by atoms with van der Waals surface area (Å²) in [6.07, 6.45) is 3.20. The number of H-pyrrole nitrogens is 1. The highest BCUT2D eigenvalue weighted by Gasteiger charge is 2.30. The van der Waals surface area contributed by atoms with Crippen molar-refractivity contribution in [3.63, 3.8) is 0 Å². The third kappa shape index (κ3) is 2.28. The number of aromatic nitrogens is 1. The first-order chi connectivity index (χ1) is 7.51. The minimum absolute atomic E-state index is 0.0625. The summed E-state index contributed by atoms with van der Waals surface area (Å²) in [4.78, 5) is 2.90. The largest absolute Gasteiger partial charge is 0.390 e. The molecule has 1 aromatic rings. The van der Waals surface area contributed by atoms with Gasteiger partial charge in [0, 0.05) is 17.9 Å². The molecule has 1 saturated carbocycles. The van der Waals surface area contributed by atoms with Gasteiger partial charge in [0.05, 0.1) is 11.5 Å². The molecule has 2 rings (SSSR count). The van der Waals surface area contributed by atoms with Crippen LogP contribution < -0.4 is 4.72 Å². The van der Waals surface area contributed by atoms with Gasteiger partial charge in [-0.2, -0.15) is 0 Å². The molecule has 5 nitrogen and oxygen atoms in total. The lowest BCUT2D eigenvalue weighted by Crippen LogP contribution is -2.43. The van der Waals surface area contributed by atoms with E-state index in [1.54, 1.807) is 0 Å². The Morgan fingerprint density at radius 1 is 1.56 bits per heavy atom.